The summed E-state index contributed by atoms with van der Waals surface area (Å²) in [5.41, 5.74) is 4.82. The van der Waals surface area contributed by atoms with Crippen molar-refractivity contribution >= 4 is 34.6 Å². The third kappa shape index (κ3) is 3.56. The molecule has 6 nitrogen and oxygen atoms in total. The SMILES string of the molecule is CC(C)(C)OC(=O)N1[C@H](c2nc(C(N)=S)cs2)COC1(C)C. The fourth-order valence-electron chi connectivity index (χ4n) is 2.20. The molecule has 1 atom stereocenters. The van der Waals surface area contributed by atoms with E-state index in [1.807, 2.05) is 34.6 Å². The summed E-state index contributed by atoms with van der Waals surface area (Å²) in [6.07, 6.45) is -0.424. The minimum absolute atomic E-state index is 0.240. The first-order chi connectivity index (χ1) is 10.0. The molecular formula is C14H21N3O3S2. The van der Waals surface area contributed by atoms with Crippen molar-refractivity contribution in [3.63, 3.8) is 0 Å². The lowest BCUT2D eigenvalue weighted by atomic mass is 10.2. The first-order valence-corrected chi connectivity index (χ1v) is 8.21. The first-order valence-electron chi connectivity index (χ1n) is 6.93. The molecule has 0 unspecified atom stereocenters. The van der Waals surface area contributed by atoms with Crippen LogP contribution in [0, 0.1) is 0 Å². The Labute approximate surface area is 139 Å². The number of nitrogens with two attached hydrogens (primary N) is 1. The summed E-state index contributed by atoms with van der Waals surface area (Å²) in [5.74, 6) is 0. The Bertz CT molecular complexity index is 592. The maximum atomic E-state index is 12.6. The third-order valence-corrected chi connectivity index (χ3v) is 4.29. The molecule has 0 spiro atoms. The van der Waals surface area contributed by atoms with Crippen LogP contribution in [0.2, 0.25) is 0 Å². The van der Waals surface area contributed by atoms with Crippen LogP contribution >= 0.6 is 23.6 Å². The van der Waals surface area contributed by atoms with E-state index in [1.165, 1.54) is 11.3 Å². The van der Waals surface area contributed by atoms with E-state index in [4.69, 9.17) is 27.4 Å². The molecule has 1 aromatic rings. The number of hydrogen-bond acceptors (Lipinski definition) is 6. The van der Waals surface area contributed by atoms with E-state index in [1.54, 1.807) is 10.3 Å². The molecule has 22 heavy (non-hydrogen) atoms. The largest absolute Gasteiger partial charge is 0.444 e. The van der Waals surface area contributed by atoms with E-state index >= 15 is 0 Å². The maximum Gasteiger partial charge on any atom is 0.413 e. The van der Waals surface area contributed by atoms with Crippen LogP contribution in [0.15, 0.2) is 5.38 Å². The highest BCUT2D eigenvalue weighted by Gasteiger charge is 2.47. The molecule has 2 N–H and O–H groups in total. The van der Waals surface area contributed by atoms with Gasteiger partial charge in [-0.15, -0.1) is 11.3 Å². The highest BCUT2D eigenvalue weighted by Crippen LogP contribution is 2.38. The van der Waals surface area contributed by atoms with Gasteiger partial charge in [0.25, 0.3) is 0 Å². The summed E-state index contributed by atoms with van der Waals surface area (Å²) in [6.45, 7) is 9.52. The molecule has 2 rings (SSSR count). The predicted octanol–water partition coefficient (Wildman–Crippen LogP) is 2.82. The lowest BCUT2D eigenvalue weighted by Gasteiger charge is -2.34. The van der Waals surface area contributed by atoms with E-state index < -0.39 is 17.4 Å². The molecule has 1 fully saturated rings. The van der Waals surface area contributed by atoms with Gasteiger partial charge in [-0.2, -0.15) is 0 Å². The van der Waals surface area contributed by atoms with Crippen LogP contribution in [0.4, 0.5) is 4.79 Å². The van der Waals surface area contributed by atoms with Crippen molar-refractivity contribution in [1.29, 1.82) is 0 Å². The van der Waals surface area contributed by atoms with Gasteiger partial charge in [0.05, 0.1) is 6.61 Å². The Morgan fingerprint density at radius 3 is 2.73 bits per heavy atom. The van der Waals surface area contributed by atoms with Crippen LogP contribution in [0.5, 0.6) is 0 Å². The monoisotopic (exact) mass is 343 g/mol. The van der Waals surface area contributed by atoms with Gasteiger partial charge in [-0.25, -0.2) is 9.78 Å². The molecule has 0 radical (unpaired) electrons. The number of thiocarbonyl (C=S) groups is 1. The number of carbonyl (C=O) groups is 1. The van der Waals surface area contributed by atoms with E-state index in [2.05, 4.69) is 4.98 Å². The number of nitrogens with zero attached hydrogens (tertiary/aromatic N) is 2. The average Bonchev–Trinajstić information content (AvgIpc) is 2.90. The Balaban J connectivity index is 2.29. The van der Waals surface area contributed by atoms with Gasteiger partial charge in [-0.3, -0.25) is 4.90 Å². The molecule has 8 heteroatoms. The van der Waals surface area contributed by atoms with Crippen molar-refractivity contribution in [2.45, 2.75) is 52.0 Å². The normalized spacial score (nSPS) is 21.0. The highest BCUT2D eigenvalue weighted by molar-refractivity contribution is 7.80. The Morgan fingerprint density at radius 2 is 2.23 bits per heavy atom. The van der Waals surface area contributed by atoms with Crippen LogP contribution in [0.3, 0.4) is 0 Å². The zero-order chi connectivity index (χ0) is 16.7. The average molecular weight is 343 g/mol. The summed E-state index contributed by atoms with van der Waals surface area (Å²) in [6, 6.07) is -0.307. The van der Waals surface area contributed by atoms with Gasteiger partial charge >= 0.3 is 6.09 Å². The second-order valence-corrected chi connectivity index (χ2v) is 7.89. The fourth-order valence-corrected chi connectivity index (χ4v) is 3.27. The number of amides is 1. The van der Waals surface area contributed by atoms with Gasteiger partial charge in [-0.1, -0.05) is 12.2 Å². The van der Waals surface area contributed by atoms with Gasteiger partial charge in [0.2, 0.25) is 0 Å². The van der Waals surface area contributed by atoms with Crippen molar-refractivity contribution in [2.24, 2.45) is 5.73 Å². The standard InChI is InChI=1S/C14H21N3O3S2/c1-13(2,3)20-12(18)17-9(6-19-14(17,4)5)11-16-8(7-22-11)10(15)21/h7,9H,6H2,1-5H3,(H2,15,21)/t9-/m0/s1. The van der Waals surface area contributed by atoms with Crippen molar-refractivity contribution in [3.8, 4) is 0 Å². The highest BCUT2D eigenvalue weighted by atomic mass is 32.1. The van der Waals surface area contributed by atoms with Crippen LogP contribution in [-0.4, -0.2) is 38.9 Å². The fraction of sp³-hybridized carbons (Fsp3) is 0.643. The number of thiazole rings is 1. The third-order valence-electron chi connectivity index (χ3n) is 3.14. The number of ether oxygens (including phenoxy) is 2. The molecule has 0 aromatic carbocycles. The smallest absolute Gasteiger partial charge is 0.413 e. The molecule has 1 amide bonds. The minimum Gasteiger partial charge on any atom is -0.444 e. The molecule has 1 aromatic heterocycles. The van der Waals surface area contributed by atoms with E-state index in [0.29, 0.717) is 12.3 Å². The number of carbonyl (C=O) groups excluding carboxylic acids is 1. The van der Waals surface area contributed by atoms with E-state index in [9.17, 15) is 4.79 Å². The molecule has 0 saturated carbocycles. The van der Waals surface area contributed by atoms with E-state index in [-0.39, 0.29) is 11.0 Å². The van der Waals surface area contributed by atoms with E-state index in [0.717, 1.165) is 5.01 Å². The molecule has 1 aliphatic heterocycles. The molecule has 1 saturated heterocycles. The summed E-state index contributed by atoms with van der Waals surface area (Å²) in [7, 11) is 0. The summed E-state index contributed by atoms with van der Waals surface area (Å²) < 4.78 is 11.2. The minimum atomic E-state index is -0.762. The summed E-state index contributed by atoms with van der Waals surface area (Å²) in [4.78, 5) is 18.8. The van der Waals surface area contributed by atoms with Crippen molar-refractivity contribution in [2.75, 3.05) is 6.61 Å². The zero-order valence-electron chi connectivity index (χ0n) is 13.4. The second kappa shape index (κ2) is 5.75. The van der Waals surface area contributed by atoms with Crippen LogP contribution < -0.4 is 5.73 Å². The Kier molecular flexibility index (Phi) is 4.47. The lowest BCUT2D eigenvalue weighted by Crippen LogP contribution is -2.47. The number of aromatic nitrogens is 1. The predicted molar refractivity (Wildman–Crippen MR) is 88.8 cm³/mol. The molecule has 1 aliphatic rings. The van der Waals surface area contributed by atoms with Gasteiger partial charge in [0.1, 0.15) is 33.1 Å². The van der Waals surface area contributed by atoms with Crippen LogP contribution in [0.25, 0.3) is 0 Å². The molecule has 0 aliphatic carbocycles. The van der Waals surface area contributed by atoms with Crippen molar-refractivity contribution in [3.05, 3.63) is 16.1 Å². The van der Waals surface area contributed by atoms with Gasteiger partial charge in [0.15, 0.2) is 0 Å². The zero-order valence-corrected chi connectivity index (χ0v) is 15.0. The first kappa shape index (κ1) is 17.1. The maximum absolute atomic E-state index is 12.6. The number of rotatable bonds is 2. The van der Waals surface area contributed by atoms with Gasteiger partial charge < -0.3 is 15.2 Å². The summed E-state index contributed by atoms with van der Waals surface area (Å²) in [5, 5.41) is 2.52. The lowest BCUT2D eigenvalue weighted by molar-refractivity contribution is -0.0626. The van der Waals surface area contributed by atoms with Crippen LogP contribution in [0.1, 0.15) is 51.4 Å². The van der Waals surface area contributed by atoms with Crippen molar-refractivity contribution < 1.29 is 14.3 Å². The van der Waals surface area contributed by atoms with Crippen LogP contribution in [-0.2, 0) is 9.47 Å². The topological polar surface area (TPSA) is 77.7 Å². The second-order valence-electron chi connectivity index (χ2n) is 6.56. The summed E-state index contributed by atoms with van der Waals surface area (Å²) >= 11 is 6.34. The quantitative estimate of drug-likeness (QED) is 0.832. The van der Waals surface area contributed by atoms with Gasteiger partial charge in [0, 0.05) is 5.38 Å². The van der Waals surface area contributed by atoms with Crippen molar-refractivity contribution in [1.82, 2.24) is 9.88 Å². The molecule has 122 valence electrons. The molecular weight excluding hydrogens is 322 g/mol. The number of hydrogen-bond donors (Lipinski definition) is 1. The molecule has 2 heterocycles. The Morgan fingerprint density at radius 1 is 1.59 bits per heavy atom. The Hall–Kier alpha value is -1.25. The van der Waals surface area contributed by atoms with Gasteiger partial charge in [-0.05, 0) is 34.6 Å². The molecule has 0 bridgehead atoms.